The van der Waals surface area contributed by atoms with E-state index in [2.05, 4.69) is 48.4 Å². The Kier molecular flexibility index (Phi) is 5.33. The predicted octanol–water partition coefficient (Wildman–Crippen LogP) is 3.14. The van der Waals surface area contributed by atoms with Gasteiger partial charge in [-0.25, -0.2) is 5.10 Å². The molecule has 0 atom stereocenters. The quantitative estimate of drug-likeness (QED) is 0.501. The second-order valence-corrected chi connectivity index (χ2v) is 6.37. The SMILES string of the molecule is COc1cc(I)ccc1Nc1n[nH]c(=O)c(Nc2ccc(C#N)cc2)n1. The van der Waals surface area contributed by atoms with Crippen molar-refractivity contribution in [3.8, 4) is 11.8 Å². The van der Waals surface area contributed by atoms with Crippen LogP contribution in [0.4, 0.5) is 23.1 Å². The molecule has 130 valence electrons. The zero-order valence-electron chi connectivity index (χ0n) is 13.6. The molecule has 1 heterocycles. The van der Waals surface area contributed by atoms with Crippen LogP contribution in [0.2, 0.25) is 0 Å². The fourth-order valence-corrected chi connectivity index (χ4v) is 2.60. The molecule has 0 amide bonds. The van der Waals surface area contributed by atoms with E-state index in [1.165, 1.54) is 0 Å². The average Bonchev–Trinajstić information content (AvgIpc) is 2.66. The molecule has 0 aliphatic rings. The van der Waals surface area contributed by atoms with Crippen molar-refractivity contribution in [2.75, 3.05) is 17.7 Å². The molecule has 9 heteroatoms. The number of hydrogen-bond donors (Lipinski definition) is 3. The van der Waals surface area contributed by atoms with E-state index in [-0.39, 0.29) is 11.8 Å². The van der Waals surface area contributed by atoms with E-state index in [4.69, 9.17) is 10.00 Å². The molecule has 26 heavy (non-hydrogen) atoms. The Morgan fingerprint density at radius 3 is 2.65 bits per heavy atom. The van der Waals surface area contributed by atoms with Crippen molar-refractivity contribution in [3.05, 3.63) is 62.0 Å². The molecule has 1 aromatic heterocycles. The highest BCUT2D eigenvalue weighted by Gasteiger charge is 2.09. The van der Waals surface area contributed by atoms with Crippen molar-refractivity contribution in [3.63, 3.8) is 0 Å². The molecular formula is C17H13IN6O2. The normalized spacial score (nSPS) is 10.0. The van der Waals surface area contributed by atoms with Gasteiger partial charge in [0.05, 0.1) is 24.4 Å². The number of nitrogens with zero attached hydrogens (tertiary/aromatic N) is 3. The molecule has 2 aromatic carbocycles. The van der Waals surface area contributed by atoms with Gasteiger partial charge in [0, 0.05) is 9.26 Å². The van der Waals surface area contributed by atoms with E-state index in [1.54, 1.807) is 31.4 Å². The van der Waals surface area contributed by atoms with Gasteiger partial charge in [0.25, 0.3) is 0 Å². The van der Waals surface area contributed by atoms with Gasteiger partial charge in [-0.05, 0) is 65.1 Å². The number of anilines is 4. The van der Waals surface area contributed by atoms with Gasteiger partial charge in [-0.3, -0.25) is 4.79 Å². The van der Waals surface area contributed by atoms with Gasteiger partial charge >= 0.3 is 5.56 Å². The monoisotopic (exact) mass is 460 g/mol. The van der Waals surface area contributed by atoms with Crippen LogP contribution in [-0.4, -0.2) is 22.3 Å². The molecule has 3 rings (SSSR count). The number of H-pyrrole nitrogens is 1. The molecule has 0 bridgehead atoms. The molecule has 3 N–H and O–H groups in total. The summed E-state index contributed by atoms with van der Waals surface area (Å²) in [6, 6.07) is 14.3. The number of methoxy groups -OCH3 is 1. The number of rotatable bonds is 5. The number of nitriles is 1. The molecule has 0 saturated heterocycles. The van der Waals surface area contributed by atoms with Crippen molar-refractivity contribution in [1.82, 2.24) is 15.2 Å². The minimum atomic E-state index is -0.463. The minimum Gasteiger partial charge on any atom is -0.495 e. The molecule has 3 aromatic rings. The fourth-order valence-electron chi connectivity index (χ4n) is 2.13. The molecule has 0 aliphatic heterocycles. The van der Waals surface area contributed by atoms with E-state index in [0.29, 0.717) is 22.7 Å². The van der Waals surface area contributed by atoms with Gasteiger partial charge in [-0.15, -0.1) is 5.10 Å². The largest absolute Gasteiger partial charge is 0.495 e. The van der Waals surface area contributed by atoms with Crippen LogP contribution in [0.25, 0.3) is 0 Å². The highest BCUT2D eigenvalue weighted by atomic mass is 127. The van der Waals surface area contributed by atoms with Crippen molar-refractivity contribution in [2.45, 2.75) is 0 Å². The lowest BCUT2D eigenvalue weighted by Crippen LogP contribution is -2.17. The Labute approximate surface area is 162 Å². The second-order valence-electron chi connectivity index (χ2n) is 5.12. The van der Waals surface area contributed by atoms with Crippen molar-refractivity contribution in [2.24, 2.45) is 0 Å². The van der Waals surface area contributed by atoms with Crippen LogP contribution in [0.5, 0.6) is 5.75 Å². The number of ether oxygens (including phenoxy) is 1. The number of halogens is 1. The van der Waals surface area contributed by atoms with E-state index >= 15 is 0 Å². The van der Waals surface area contributed by atoms with Gasteiger partial charge < -0.3 is 15.4 Å². The predicted molar refractivity (Wildman–Crippen MR) is 106 cm³/mol. The maximum atomic E-state index is 12.0. The van der Waals surface area contributed by atoms with Crippen molar-refractivity contribution >= 4 is 45.7 Å². The van der Waals surface area contributed by atoms with Gasteiger partial charge in [-0.2, -0.15) is 10.2 Å². The third-order valence-corrected chi connectivity index (χ3v) is 4.05. The van der Waals surface area contributed by atoms with Crippen LogP contribution in [0, 0.1) is 14.9 Å². The molecule has 8 nitrogen and oxygen atoms in total. The summed E-state index contributed by atoms with van der Waals surface area (Å²) in [5.74, 6) is 0.922. The second kappa shape index (κ2) is 7.83. The number of aromatic amines is 1. The summed E-state index contributed by atoms with van der Waals surface area (Å²) in [6.45, 7) is 0. The first-order valence-electron chi connectivity index (χ1n) is 7.43. The van der Waals surface area contributed by atoms with Crippen molar-refractivity contribution in [1.29, 1.82) is 5.26 Å². The first-order chi connectivity index (χ1) is 12.6. The Bertz CT molecular complexity index is 1030. The molecule has 0 saturated carbocycles. The highest BCUT2D eigenvalue weighted by molar-refractivity contribution is 14.1. The molecule has 0 unspecified atom stereocenters. The lowest BCUT2D eigenvalue weighted by molar-refractivity contribution is 0.416. The molecule has 0 fully saturated rings. The summed E-state index contributed by atoms with van der Waals surface area (Å²) >= 11 is 2.19. The van der Waals surface area contributed by atoms with Crippen LogP contribution in [0.15, 0.2) is 47.3 Å². The van der Waals surface area contributed by atoms with Crippen LogP contribution in [-0.2, 0) is 0 Å². The van der Waals surface area contributed by atoms with E-state index in [9.17, 15) is 4.79 Å². The summed E-state index contributed by atoms with van der Waals surface area (Å²) in [4.78, 5) is 16.2. The first-order valence-corrected chi connectivity index (χ1v) is 8.51. The minimum absolute atomic E-state index is 0.0803. The third kappa shape index (κ3) is 4.09. The van der Waals surface area contributed by atoms with Gasteiger partial charge in [-0.1, -0.05) is 0 Å². The third-order valence-electron chi connectivity index (χ3n) is 3.38. The molecule has 0 spiro atoms. The Morgan fingerprint density at radius 2 is 1.96 bits per heavy atom. The Hall–Kier alpha value is -3.13. The summed E-state index contributed by atoms with van der Waals surface area (Å²) in [6.07, 6.45) is 0. The zero-order valence-corrected chi connectivity index (χ0v) is 15.7. The maximum absolute atomic E-state index is 12.0. The summed E-state index contributed by atoms with van der Waals surface area (Å²) in [7, 11) is 1.57. The molecule has 0 radical (unpaired) electrons. The number of benzene rings is 2. The summed E-state index contributed by atoms with van der Waals surface area (Å²) in [5, 5.41) is 21.1. The molecule has 0 aliphatic carbocycles. The lowest BCUT2D eigenvalue weighted by atomic mass is 10.2. The number of hydrogen-bond acceptors (Lipinski definition) is 7. The first kappa shape index (κ1) is 17.7. The van der Waals surface area contributed by atoms with Crippen LogP contribution in [0.3, 0.4) is 0 Å². The fraction of sp³-hybridized carbons (Fsp3) is 0.0588. The van der Waals surface area contributed by atoms with E-state index in [0.717, 1.165) is 3.57 Å². The summed E-state index contributed by atoms with van der Waals surface area (Å²) in [5.41, 5.74) is 1.37. The standard InChI is InChI=1S/C17H13IN6O2/c1-26-14-8-11(18)4-7-13(14)21-17-22-15(16(25)23-24-17)20-12-5-2-10(9-19)3-6-12/h2-8H,1H3,(H,23,25)(H2,20,21,22,24). The zero-order chi connectivity index (χ0) is 18.5. The van der Waals surface area contributed by atoms with Gasteiger partial charge in [0.2, 0.25) is 11.8 Å². The Morgan fingerprint density at radius 1 is 1.19 bits per heavy atom. The van der Waals surface area contributed by atoms with Crippen molar-refractivity contribution < 1.29 is 4.74 Å². The maximum Gasteiger partial charge on any atom is 0.307 e. The van der Waals surface area contributed by atoms with E-state index in [1.807, 2.05) is 24.3 Å². The molecular weight excluding hydrogens is 447 g/mol. The van der Waals surface area contributed by atoms with Gasteiger partial charge in [0.15, 0.2) is 0 Å². The average molecular weight is 460 g/mol. The Balaban J connectivity index is 1.85. The lowest BCUT2D eigenvalue weighted by Gasteiger charge is -2.11. The van der Waals surface area contributed by atoms with Crippen LogP contribution < -0.4 is 20.9 Å². The number of aromatic nitrogens is 3. The topological polar surface area (TPSA) is 116 Å². The number of nitrogens with one attached hydrogen (secondary N) is 3. The van der Waals surface area contributed by atoms with Crippen LogP contribution in [0.1, 0.15) is 5.56 Å². The smallest absolute Gasteiger partial charge is 0.307 e. The summed E-state index contributed by atoms with van der Waals surface area (Å²) < 4.78 is 6.36. The van der Waals surface area contributed by atoms with E-state index < -0.39 is 5.56 Å². The highest BCUT2D eigenvalue weighted by Crippen LogP contribution is 2.28. The van der Waals surface area contributed by atoms with Crippen LogP contribution >= 0.6 is 22.6 Å². The van der Waals surface area contributed by atoms with Gasteiger partial charge in [0.1, 0.15) is 5.75 Å².